The highest BCUT2D eigenvalue weighted by Crippen LogP contribution is 2.26. The van der Waals surface area contributed by atoms with Gasteiger partial charge in [0.15, 0.2) is 5.69 Å². The maximum Gasteiger partial charge on any atom is 0.357 e. The first kappa shape index (κ1) is 15.0. The quantitative estimate of drug-likeness (QED) is 0.842. The van der Waals surface area contributed by atoms with Gasteiger partial charge in [-0.3, -0.25) is 4.79 Å². The smallest absolute Gasteiger partial charge is 0.357 e. The molecule has 1 unspecified atom stereocenters. The van der Waals surface area contributed by atoms with Crippen molar-refractivity contribution in [3.63, 3.8) is 0 Å². The monoisotopic (exact) mass is 306 g/mol. The number of hydrogen-bond acceptors (Lipinski definition) is 6. The van der Waals surface area contributed by atoms with Gasteiger partial charge in [0.05, 0.1) is 7.11 Å². The Labute approximate surface area is 125 Å². The molecule has 1 aromatic carbocycles. The summed E-state index contributed by atoms with van der Waals surface area (Å²) in [6.07, 6.45) is 0. The van der Waals surface area contributed by atoms with Gasteiger partial charge in [0.25, 0.3) is 0 Å². The Hall–Kier alpha value is -2.41. The summed E-state index contributed by atoms with van der Waals surface area (Å²) in [5, 5.41) is 14.3. The third-order valence-electron chi connectivity index (χ3n) is 2.74. The summed E-state index contributed by atoms with van der Waals surface area (Å²) in [7, 11) is 1.28. The van der Waals surface area contributed by atoms with E-state index in [0.717, 1.165) is 5.56 Å². The van der Waals surface area contributed by atoms with Crippen molar-refractivity contribution in [2.45, 2.75) is 13.0 Å². The normalized spacial score (nSPS) is 11.7. The molecule has 0 radical (unpaired) electrons. The molecule has 1 amide bonds. The van der Waals surface area contributed by atoms with Gasteiger partial charge in [-0.2, -0.15) is 0 Å². The number of hydrogen-bond donors (Lipinski definition) is 2. The summed E-state index contributed by atoms with van der Waals surface area (Å²) in [6.45, 7) is 1.40. The predicted octanol–water partition coefficient (Wildman–Crippen LogP) is 1.86. The first-order chi connectivity index (χ1) is 10.0. The van der Waals surface area contributed by atoms with Crippen LogP contribution in [-0.2, 0) is 9.53 Å². The first-order valence-electron chi connectivity index (χ1n) is 6.11. The van der Waals surface area contributed by atoms with Crippen LogP contribution in [0, 0.1) is 0 Å². The molecule has 0 saturated carbocycles. The van der Waals surface area contributed by atoms with Gasteiger partial charge in [0.2, 0.25) is 5.91 Å². The third kappa shape index (κ3) is 3.57. The Morgan fingerprint density at radius 1 is 1.33 bits per heavy atom. The Bertz CT molecular complexity index is 651. The van der Waals surface area contributed by atoms with Gasteiger partial charge in [-0.1, -0.05) is 12.1 Å². The van der Waals surface area contributed by atoms with Crippen molar-refractivity contribution in [3.05, 3.63) is 45.9 Å². The average Bonchev–Trinajstić information content (AvgIpc) is 2.94. The number of nitrogens with zero attached hydrogens (tertiary/aromatic N) is 1. The number of rotatable bonds is 4. The molecule has 0 fully saturated rings. The van der Waals surface area contributed by atoms with Crippen molar-refractivity contribution in [2.24, 2.45) is 0 Å². The summed E-state index contributed by atoms with van der Waals surface area (Å²) >= 11 is 1.25. The number of carbonyl (C=O) groups is 2. The van der Waals surface area contributed by atoms with E-state index >= 15 is 0 Å². The number of benzene rings is 1. The zero-order valence-electron chi connectivity index (χ0n) is 11.5. The number of esters is 1. The molecule has 2 rings (SSSR count). The number of carbonyl (C=O) groups excluding carboxylic acids is 2. The van der Waals surface area contributed by atoms with Gasteiger partial charge in [-0.05, 0) is 17.7 Å². The Morgan fingerprint density at radius 2 is 2.00 bits per heavy atom. The van der Waals surface area contributed by atoms with Gasteiger partial charge < -0.3 is 15.2 Å². The molecule has 1 atom stereocenters. The highest BCUT2D eigenvalue weighted by Gasteiger charge is 2.21. The molecule has 0 aliphatic carbocycles. The average molecular weight is 306 g/mol. The highest BCUT2D eigenvalue weighted by atomic mass is 32.1. The molecule has 7 heteroatoms. The van der Waals surface area contributed by atoms with Crippen molar-refractivity contribution in [1.29, 1.82) is 0 Å². The molecule has 1 aromatic heterocycles. The number of thiazole rings is 1. The fourth-order valence-corrected chi connectivity index (χ4v) is 2.64. The van der Waals surface area contributed by atoms with E-state index in [0.29, 0.717) is 5.01 Å². The van der Waals surface area contributed by atoms with Crippen LogP contribution in [0.4, 0.5) is 0 Å². The number of aromatic hydroxyl groups is 1. The topological polar surface area (TPSA) is 88.5 Å². The zero-order valence-corrected chi connectivity index (χ0v) is 12.3. The van der Waals surface area contributed by atoms with E-state index in [1.54, 1.807) is 17.5 Å². The highest BCUT2D eigenvalue weighted by molar-refractivity contribution is 7.10. The van der Waals surface area contributed by atoms with Crippen LogP contribution in [0.15, 0.2) is 29.6 Å². The first-order valence-corrected chi connectivity index (χ1v) is 6.99. The van der Waals surface area contributed by atoms with Crippen LogP contribution in [0.1, 0.15) is 34.0 Å². The second-order valence-electron chi connectivity index (χ2n) is 4.29. The lowest BCUT2D eigenvalue weighted by atomic mass is 10.1. The van der Waals surface area contributed by atoms with Crippen LogP contribution < -0.4 is 5.32 Å². The van der Waals surface area contributed by atoms with Crippen molar-refractivity contribution in [3.8, 4) is 5.75 Å². The number of phenolic OH excluding ortho intramolecular Hbond substituents is 1. The van der Waals surface area contributed by atoms with Gasteiger partial charge in [0.1, 0.15) is 16.8 Å². The summed E-state index contributed by atoms with van der Waals surface area (Å²) in [5.41, 5.74) is 0.959. The van der Waals surface area contributed by atoms with Gasteiger partial charge in [-0.15, -0.1) is 11.3 Å². The molecule has 0 aliphatic rings. The SMILES string of the molecule is COC(=O)c1csc(C(NC(C)=O)c2ccc(O)cc2)n1. The Morgan fingerprint density at radius 3 is 2.57 bits per heavy atom. The molecule has 21 heavy (non-hydrogen) atoms. The molecule has 110 valence electrons. The third-order valence-corrected chi connectivity index (χ3v) is 3.65. The molecule has 0 bridgehead atoms. The van der Waals surface area contributed by atoms with E-state index in [1.165, 1.54) is 37.5 Å². The number of methoxy groups -OCH3 is 1. The number of phenols is 1. The van der Waals surface area contributed by atoms with Gasteiger partial charge >= 0.3 is 5.97 Å². The molecule has 1 heterocycles. The van der Waals surface area contributed by atoms with Crippen LogP contribution in [0.25, 0.3) is 0 Å². The minimum atomic E-state index is -0.523. The molecular weight excluding hydrogens is 292 g/mol. The van der Waals surface area contributed by atoms with Crippen molar-refractivity contribution in [1.82, 2.24) is 10.3 Å². The molecule has 0 spiro atoms. The predicted molar refractivity (Wildman–Crippen MR) is 77.2 cm³/mol. The molecule has 0 aliphatic heterocycles. The summed E-state index contributed by atoms with van der Waals surface area (Å²) in [6, 6.07) is 5.95. The van der Waals surface area contributed by atoms with E-state index in [9.17, 15) is 14.7 Å². The van der Waals surface area contributed by atoms with Gasteiger partial charge in [-0.25, -0.2) is 9.78 Å². The maximum atomic E-state index is 11.5. The van der Waals surface area contributed by atoms with E-state index in [2.05, 4.69) is 15.0 Å². The van der Waals surface area contributed by atoms with E-state index in [4.69, 9.17) is 0 Å². The molecule has 6 nitrogen and oxygen atoms in total. The number of aromatic nitrogens is 1. The lowest BCUT2D eigenvalue weighted by Gasteiger charge is -2.15. The second kappa shape index (κ2) is 6.36. The molecule has 0 saturated heterocycles. The van der Waals surface area contributed by atoms with Crippen molar-refractivity contribution >= 4 is 23.2 Å². The Balaban J connectivity index is 2.35. The van der Waals surface area contributed by atoms with Crippen molar-refractivity contribution in [2.75, 3.05) is 7.11 Å². The Kier molecular flexibility index (Phi) is 4.54. The summed E-state index contributed by atoms with van der Waals surface area (Å²) in [5.74, 6) is -0.609. The second-order valence-corrected chi connectivity index (χ2v) is 5.18. The lowest BCUT2D eigenvalue weighted by Crippen LogP contribution is -2.26. The lowest BCUT2D eigenvalue weighted by molar-refractivity contribution is -0.119. The van der Waals surface area contributed by atoms with E-state index in [1.807, 2.05) is 0 Å². The van der Waals surface area contributed by atoms with Crippen molar-refractivity contribution < 1.29 is 19.4 Å². The minimum absolute atomic E-state index is 0.134. The van der Waals surface area contributed by atoms with E-state index in [-0.39, 0.29) is 17.4 Å². The number of nitrogens with one attached hydrogen (secondary N) is 1. The number of ether oxygens (including phenoxy) is 1. The van der Waals surface area contributed by atoms with Crippen LogP contribution in [0.5, 0.6) is 5.75 Å². The molecule has 2 aromatic rings. The molecule has 2 N–H and O–H groups in total. The standard InChI is InChI=1S/C14H14N2O4S/c1-8(17)15-12(9-3-5-10(18)6-4-9)13-16-11(7-21-13)14(19)20-2/h3-7,12,18H,1-2H3,(H,15,17). The molecular formula is C14H14N2O4S. The number of amides is 1. The fraction of sp³-hybridized carbons (Fsp3) is 0.214. The van der Waals surface area contributed by atoms with Crippen LogP contribution in [-0.4, -0.2) is 29.1 Å². The minimum Gasteiger partial charge on any atom is -0.508 e. The van der Waals surface area contributed by atoms with Crippen LogP contribution in [0.3, 0.4) is 0 Å². The summed E-state index contributed by atoms with van der Waals surface area (Å²) < 4.78 is 4.62. The summed E-state index contributed by atoms with van der Waals surface area (Å²) in [4.78, 5) is 27.0. The van der Waals surface area contributed by atoms with Crippen LogP contribution >= 0.6 is 11.3 Å². The fourth-order valence-electron chi connectivity index (χ4n) is 1.78. The zero-order chi connectivity index (χ0) is 15.4. The van der Waals surface area contributed by atoms with Gasteiger partial charge in [0, 0.05) is 12.3 Å². The van der Waals surface area contributed by atoms with Crippen LogP contribution in [0.2, 0.25) is 0 Å². The van der Waals surface area contributed by atoms with E-state index < -0.39 is 12.0 Å². The largest absolute Gasteiger partial charge is 0.508 e. The maximum absolute atomic E-state index is 11.5.